The molecule has 0 aliphatic rings. The number of benzene rings is 1. The van der Waals surface area contributed by atoms with Gasteiger partial charge in [0.25, 0.3) is 0 Å². The third-order valence-electron chi connectivity index (χ3n) is 3.11. The van der Waals surface area contributed by atoms with Gasteiger partial charge < -0.3 is 14.8 Å². The minimum Gasteiger partial charge on any atom is -0.487 e. The van der Waals surface area contributed by atoms with Crippen LogP contribution >= 0.6 is 0 Å². The van der Waals surface area contributed by atoms with E-state index in [4.69, 9.17) is 9.47 Å². The van der Waals surface area contributed by atoms with E-state index in [9.17, 15) is 10.1 Å². The smallest absolute Gasteiger partial charge is 0.311 e. The molecule has 21 heavy (non-hydrogen) atoms. The van der Waals surface area contributed by atoms with Crippen LogP contribution in [0.5, 0.6) is 5.75 Å². The van der Waals surface area contributed by atoms with Gasteiger partial charge >= 0.3 is 5.69 Å². The number of nitro benzene ring substituents is 1. The quantitative estimate of drug-likeness (QED) is 0.558. The average Bonchev–Trinajstić information content (AvgIpc) is 2.43. The lowest BCUT2D eigenvalue weighted by atomic mass is 10.0. The highest BCUT2D eigenvalue weighted by atomic mass is 16.6. The topological polar surface area (TPSA) is 73.6 Å². The minimum absolute atomic E-state index is 0.0201. The molecule has 118 valence electrons. The number of nitro groups is 1. The van der Waals surface area contributed by atoms with Crippen molar-refractivity contribution in [2.45, 2.75) is 33.7 Å². The van der Waals surface area contributed by atoms with E-state index in [-0.39, 0.29) is 17.5 Å². The first-order valence-corrected chi connectivity index (χ1v) is 7.25. The maximum atomic E-state index is 11.0. The molecule has 0 aliphatic carbocycles. The minimum atomic E-state index is -0.436. The molecule has 0 bridgehead atoms. The summed E-state index contributed by atoms with van der Waals surface area (Å²) in [5.41, 5.74) is 0.774. The van der Waals surface area contributed by atoms with E-state index in [0.29, 0.717) is 25.7 Å². The largest absolute Gasteiger partial charge is 0.487 e. The van der Waals surface area contributed by atoms with Crippen LogP contribution in [0.15, 0.2) is 18.2 Å². The Morgan fingerprint density at radius 2 is 2.00 bits per heavy atom. The molecule has 1 aromatic carbocycles. The molecule has 0 saturated carbocycles. The van der Waals surface area contributed by atoms with Crippen molar-refractivity contribution in [3.63, 3.8) is 0 Å². The lowest BCUT2D eigenvalue weighted by Crippen LogP contribution is -2.30. The fourth-order valence-electron chi connectivity index (χ4n) is 1.89. The van der Waals surface area contributed by atoms with Crippen LogP contribution in [0, 0.1) is 16.0 Å². The van der Waals surface area contributed by atoms with Gasteiger partial charge in [-0.05, 0) is 25.8 Å². The number of anilines is 1. The van der Waals surface area contributed by atoms with E-state index in [1.807, 2.05) is 6.92 Å². The molecular weight excluding hydrogens is 272 g/mol. The van der Waals surface area contributed by atoms with Crippen molar-refractivity contribution in [1.29, 1.82) is 0 Å². The fourth-order valence-corrected chi connectivity index (χ4v) is 1.89. The predicted molar refractivity (Wildman–Crippen MR) is 83.0 cm³/mol. The lowest BCUT2D eigenvalue weighted by Gasteiger charge is -2.23. The van der Waals surface area contributed by atoms with Gasteiger partial charge in [-0.3, -0.25) is 10.1 Å². The Bertz CT molecular complexity index is 463. The van der Waals surface area contributed by atoms with Crippen molar-refractivity contribution in [1.82, 2.24) is 0 Å². The van der Waals surface area contributed by atoms with E-state index in [0.717, 1.165) is 5.69 Å². The van der Waals surface area contributed by atoms with E-state index in [1.54, 1.807) is 19.1 Å². The zero-order valence-electron chi connectivity index (χ0n) is 13.1. The van der Waals surface area contributed by atoms with Crippen molar-refractivity contribution in [3.05, 3.63) is 28.3 Å². The first-order chi connectivity index (χ1) is 9.99. The molecule has 1 aromatic rings. The second-order valence-corrected chi connectivity index (χ2v) is 5.03. The van der Waals surface area contributed by atoms with Gasteiger partial charge in [-0.2, -0.15) is 0 Å². The third-order valence-corrected chi connectivity index (χ3v) is 3.11. The Morgan fingerprint density at radius 1 is 1.29 bits per heavy atom. The van der Waals surface area contributed by atoms with Crippen LogP contribution in [0.3, 0.4) is 0 Å². The van der Waals surface area contributed by atoms with Crippen LogP contribution in [0.4, 0.5) is 11.4 Å². The molecule has 0 aromatic heterocycles. The Kier molecular flexibility index (Phi) is 6.94. The summed E-state index contributed by atoms with van der Waals surface area (Å²) in [4.78, 5) is 10.5. The number of hydrogen-bond acceptors (Lipinski definition) is 5. The summed E-state index contributed by atoms with van der Waals surface area (Å²) in [6.07, 6.45) is 0. The summed E-state index contributed by atoms with van der Waals surface area (Å²) in [5, 5.41) is 14.3. The SMILES string of the molecule is CCOCC(Nc1ccc([N+](=O)[O-])c(OCC)c1)C(C)C. The number of nitrogens with zero attached hydrogens (tertiary/aromatic N) is 1. The Morgan fingerprint density at radius 3 is 2.52 bits per heavy atom. The van der Waals surface area contributed by atoms with Gasteiger partial charge in [0.05, 0.1) is 24.2 Å². The van der Waals surface area contributed by atoms with E-state index in [2.05, 4.69) is 19.2 Å². The van der Waals surface area contributed by atoms with Crippen molar-refractivity contribution in [3.8, 4) is 5.75 Å². The average molecular weight is 296 g/mol. The third kappa shape index (κ3) is 5.23. The Hall–Kier alpha value is -1.82. The number of hydrogen-bond donors (Lipinski definition) is 1. The fraction of sp³-hybridized carbons (Fsp3) is 0.600. The van der Waals surface area contributed by atoms with Gasteiger partial charge in [-0.1, -0.05) is 13.8 Å². The van der Waals surface area contributed by atoms with E-state index >= 15 is 0 Å². The van der Waals surface area contributed by atoms with Gasteiger partial charge in [-0.15, -0.1) is 0 Å². The molecule has 0 saturated heterocycles. The summed E-state index contributed by atoms with van der Waals surface area (Å²) in [6, 6.07) is 4.97. The first kappa shape index (κ1) is 17.2. The van der Waals surface area contributed by atoms with Crippen LogP contribution in [0.2, 0.25) is 0 Å². The second kappa shape index (κ2) is 8.46. The zero-order chi connectivity index (χ0) is 15.8. The van der Waals surface area contributed by atoms with Crippen molar-refractivity contribution in [2.24, 2.45) is 5.92 Å². The van der Waals surface area contributed by atoms with E-state index in [1.165, 1.54) is 6.07 Å². The van der Waals surface area contributed by atoms with Gasteiger partial charge in [0, 0.05) is 24.4 Å². The zero-order valence-corrected chi connectivity index (χ0v) is 13.1. The molecule has 1 atom stereocenters. The van der Waals surface area contributed by atoms with E-state index < -0.39 is 4.92 Å². The molecule has 0 fully saturated rings. The lowest BCUT2D eigenvalue weighted by molar-refractivity contribution is -0.385. The van der Waals surface area contributed by atoms with Crippen molar-refractivity contribution < 1.29 is 14.4 Å². The number of rotatable bonds is 9. The molecule has 6 heteroatoms. The predicted octanol–water partition coefficient (Wildman–Crippen LogP) is 3.47. The molecular formula is C15H24N2O4. The van der Waals surface area contributed by atoms with Crippen LogP contribution < -0.4 is 10.1 Å². The maximum absolute atomic E-state index is 11.0. The molecule has 0 radical (unpaired) electrons. The van der Waals surface area contributed by atoms with Crippen LogP contribution in [-0.2, 0) is 4.74 Å². The van der Waals surface area contributed by atoms with Gasteiger partial charge in [0.2, 0.25) is 0 Å². The highest BCUT2D eigenvalue weighted by molar-refractivity contribution is 5.58. The molecule has 0 aliphatic heterocycles. The molecule has 1 N–H and O–H groups in total. The van der Waals surface area contributed by atoms with Crippen molar-refractivity contribution in [2.75, 3.05) is 25.1 Å². The monoisotopic (exact) mass is 296 g/mol. The molecule has 1 rings (SSSR count). The molecule has 6 nitrogen and oxygen atoms in total. The summed E-state index contributed by atoms with van der Waals surface area (Å²) in [5.74, 6) is 0.661. The van der Waals surface area contributed by atoms with Gasteiger partial charge in [0.15, 0.2) is 5.75 Å². The summed E-state index contributed by atoms with van der Waals surface area (Å²) in [7, 11) is 0. The van der Waals surface area contributed by atoms with Crippen LogP contribution in [-0.4, -0.2) is 30.8 Å². The molecule has 1 unspecified atom stereocenters. The summed E-state index contributed by atoms with van der Waals surface area (Å²) >= 11 is 0. The summed E-state index contributed by atoms with van der Waals surface area (Å²) < 4.78 is 10.8. The Labute approximate surface area is 125 Å². The van der Waals surface area contributed by atoms with Gasteiger partial charge in [-0.25, -0.2) is 0 Å². The van der Waals surface area contributed by atoms with Crippen LogP contribution in [0.25, 0.3) is 0 Å². The second-order valence-electron chi connectivity index (χ2n) is 5.03. The normalized spacial score (nSPS) is 12.2. The van der Waals surface area contributed by atoms with Gasteiger partial charge in [0.1, 0.15) is 0 Å². The standard InChI is InChI=1S/C15H24N2O4/c1-5-20-10-13(11(3)4)16-12-7-8-14(17(18)19)15(9-12)21-6-2/h7-9,11,13,16H,5-6,10H2,1-4H3. The molecule has 0 spiro atoms. The van der Waals surface area contributed by atoms with Crippen LogP contribution in [0.1, 0.15) is 27.7 Å². The highest BCUT2D eigenvalue weighted by Crippen LogP contribution is 2.30. The molecule has 0 heterocycles. The number of ether oxygens (including phenoxy) is 2. The number of nitrogens with one attached hydrogen (secondary N) is 1. The maximum Gasteiger partial charge on any atom is 0.311 e. The summed E-state index contributed by atoms with van der Waals surface area (Å²) in [6.45, 7) is 9.60. The van der Waals surface area contributed by atoms with Crippen molar-refractivity contribution >= 4 is 11.4 Å². The highest BCUT2D eigenvalue weighted by Gasteiger charge is 2.18. The first-order valence-electron chi connectivity index (χ1n) is 7.25. The molecule has 0 amide bonds. The Balaban J connectivity index is 2.91.